The highest BCUT2D eigenvalue weighted by Gasteiger charge is 2.45. The summed E-state index contributed by atoms with van der Waals surface area (Å²) < 4.78 is 11.1. The van der Waals surface area contributed by atoms with Crippen LogP contribution in [0.2, 0.25) is 0 Å². The number of nitrogens with zero attached hydrogens (tertiary/aromatic N) is 2. The second kappa shape index (κ2) is 7.60. The van der Waals surface area contributed by atoms with Crippen LogP contribution in [0.5, 0.6) is 0 Å². The van der Waals surface area contributed by atoms with E-state index in [1.165, 1.54) is 12.6 Å². The second-order valence-corrected chi connectivity index (χ2v) is 7.07. The Hall–Kier alpha value is -2.31. The van der Waals surface area contributed by atoms with Gasteiger partial charge in [0.05, 0.1) is 24.5 Å². The molecule has 0 aliphatic carbocycles. The first-order chi connectivity index (χ1) is 13.5. The number of carbonyl (C=O) groups is 1. The maximum Gasteiger partial charge on any atom is 0.240 e. The second-order valence-electron chi connectivity index (χ2n) is 7.07. The van der Waals surface area contributed by atoms with Crippen molar-refractivity contribution in [3.63, 3.8) is 0 Å². The zero-order valence-corrected chi connectivity index (χ0v) is 15.1. The molecule has 4 heterocycles. The van der Waals surface area contributed by atoms with Gasteiger partial charge in [0.15, 0.2) is 17.6 Å². The van der Waals surface area contributed by atoms with Crippen LogP contribution in [0.1, 0.15) is 13.3 Å². The number of aliphatic hydroxyl groups excluding tert-OH is 3. The van der Waals surface area contributed by atoms with E-state index in [1.54, 1.807) is 13.0 Å². The van der Waals surface area contributed by atoms with E-state index in [9.17, 15) is 20.1 Å². The van der Waals surface area contributed by atoms with Crippen molar-refractivity contribution in [2.75, 3.05) is 11.9 Å². The molecule has 0 bridgehead atoms. The number of rotatable bonds is 4. The van der Waals surface area contributed by atoms with E-state index >= 15 is 0 Å². The normalized spacial score (nSPS) is 35.8. The van der Waals surface area contributed by atoms with Gasteiger partial charge in [-0.25, -0.2) is 9.97 Å². The molecule has 11 nitrogen and oxygen atoms in total. The molecule has 4 rings (SSSR count). The van der Waals surface area contributed by atoms with Gasteiger partial charge < -0.3 is 40.4 Å². The molecular formula is C17H23N5O6. The first-order valence-corrected chi connectivity index (χ1v) is 9.14. The molecule has 7 atom stereocenters. The number of hydrogen-bond donors (Lipinski definition) is 6. The van der Waals surface area contributed by atoms with Gasteiger partial charge in [0.1, 0.15) is 30.1 Å². The van der Waals surface area contributed by atoms with Gasteiger partial charge >= 0.3 is 0 Å². The number of aromatic nitrogens is 2. The lowest BCUT2D eigenvalue weighted by atomic mass is 9.95. The Morgan fingerprint density at radius 1 is 1.29 bits per heavy atom. The van der Waals surface area contributed by atoms with E-state index < -0.39 is 48.6 Å². The predicted octanol–water partition coefficient (Wildman–Crippen LogP) is -1.69. The number of carbonyl (C=O) groups excluding carboxylic acids is 1. The number of ether oxygens (including phenoxy) is 1. The predicted molar refractivity (Wildman–Crippen MR) is 96.1 cm³/mol. The van der Waals surface area contributed by atoms with Crippen molar-refractivity contribution in [1.82, 2.24) is 20.6 Å². The molecule has 2 unspecified atom stereocenters. The summed E-state index contributed by atoms with van der Waals surface area (Å²) >= 11 is 0. The van der Waals surface area contributed by atoms with Crippen molar-refractivity contribution in [3.8, 4) is 0 Å². The third kappa shape index (κ3) is 3.42. The molecule has 2 aromatic rings. The molecule has 2 saturated heterocycles. The van der Waals surface area contributed by atoms with Crippen molar-refractivity contribution in [1.29, 1.82) is 0 Å². The fourth-order valence-electron chi connectivity index (χ4n) is 3.62. The van der Waals surface area contributed by atoms with Gasteiger partial charge in [-0.05, 0) is 19.9 Å². The third-order valence-electron chi connectivity index (χ3n) is 5.20. The number of aliphatic hydroxyl groups is 3. The van der Waals surface area contributed by atoms with Crippen LogP contribution in [0.15, 0.2) is 23.1 Å². The highest BCUT2D eigenvalue weighted by molar-refractivity contribution is 5.83. The minimum Gasteiger partial charge on any atom is -0.459 e. The standard InChI is InChI=1S/C17H23N5O6/c1-7-10(21-16(26)11-9(23)2-4-18-11)12(24)13(25)17(28-7)22-15-14-8(3-5-27-14)19-6-20-15/h3,5-7,9-13,17-18,23-25H,2,4H2,1H3,(H,21,26)(H,19,20,22)/t7-,9?,10-,11?,12+,13-,17-/m0/s1. The fourth-order valence-corrected chi connectivity index (χ4v) is 3.62. The van der Waals surface area contributed by atoms with Crippen molar-refractivity contribution >= 4 is 22.8 Å². The summed E-state index contributed by atoms with van der Waals surface area (Å²) in [6.45, 7) is 2.21. The highest BCUT2D eigenvalue weighted by atomic mass is 16.5. The van der Waals surface area contributed by atoms with Gasteiger partial charge in [0, 0.05) is 6.07 Å². The molecule has 28 heavy (non-hydrogen) atoms. The van der Waals surface area contributed by atoms with E-state index in [0.29, 0.717) is 29.9 Å². The zero-order valence-electron chi connectivity index (χ0n) is 15.1. The SMILES string of the molecule is C[C@@H]1O[C@H](Nc2ncnc3ccoc23)[C@@H](O)[C@H](O)[C@H]1NC(=O)C1NCCC1O. The summed E-state index contributed by atoms with van der Waals surface area (Å²) in [5, 5.41) is 39.4. The van der Waals surface area contributed by atoms with Gasteiger partial charge in [0.2, 0.25) is 5.91 Å². The Balaban J connectivity index is 1.45. The van der Waals surface area contributed by atoms with E-state index in [-0.39, 0.29) is 0 Å². The molecule has 152 valence electrons. The molecule has 2 aliphatic heterocycles. The van der Waals surface area contributed by atoms with E-state index in [4.69, 9.17) is 9.15 Å². The zero-order chi connectivity index (χ0) is 19.8. The topological polar surface area (TPSA) is 162 Å². The summed E-state index contributed by atoms with van der Waals surface area (Å²) in [6.07, 6.45) is -1.73. The molecule has 0 aromatic carbocycles. The molecule has 2 fully saturated rings. The lowest BCUT2D eigenvalue weighted by Gasteiger charge is -2.42. The molecule has 11 heteroatoms. The van der Waals surface area contributed by atoms with Crippen LogP contribution < -0.4 is 16.0 Å². The monoisotopic (exact) mass is 393 g/mol. The lowest BCUT2D eigenvalue weighted by molar-refractivity contribution is -0.173. The number of amides is 1. The van der Waals surface area contributed by atoms with Crippen LogP contribution in [-0.2, 0) is 9.53 Å². The van der Waals surface area contributed by atoms with Crippen molar-refractivity contribution in [2.45, 2.75) is 56.1 Å². The Kier molecular flexibility index (Phi) is 5.17. The summed E-state index contributed by atoms with van der Waals surface area (Å²) in [5.74, 6) is -0.129. The average Bonchev–Trinajstić information content (AvgIpc) is 3.32. The van der Waals surface area contributed by atoms with Gasteiger partial charge in [-0.15, -0.1) is 0 Å². The van der Waals surface area contributed by atoms with Crippen LogP contribution in [0.3, 0.4) is 0 Å². The molecule has 2 aromatic heterocycles. The molecule has 6 N–H and O–H groups in total. The summed E-state index contributed by atoms with van der Waals surface area (Å²) in [5.41, 5.74) is 0.987. The number of fused-ring (bicyclic) bond motifs is 1. The van der Waals surface area contributed by atoms with Gasteiger partial charge in [0.25, 0.3) is 0 Å². The smallest absolute Gasteiger partial charge is 0.240 e. The minimum absolute atomic E-state index is 0.319. The molecule has 0 radical (unpaired) electrons. The Morgan fingerprint density at radius 2 is 2.11 bits per heavy atom. The maximum atomic E-state index is 12.4. The lowest BCUT2D eigenvalue weighted by Crippen LogP contribution is -2.65. The van der Waals surface area contributed by atoms with Crippen LogP contribution in [0.4, 0.5) is 5.82 Å². The van der Waals surface area contributed by atoms with Crippen molar-refractivity contribution in [2.24, 2.45) is 0 Å². The largest absolute Gasteiger partial charge is 0.459 e. The summed E-state index contributed by atoms with van der Waals surface area (Å²) in [6, 6.07) is 0.0827. The van der Waals surface area contributed by atoms with Crippen LogP contribution in [0.25, 0.3) is 11.1 Å². The molecule has 2 aliphatic rings. The minimum atomic E-state index is -1.34. The number of furan rings is 1. The first-order valence-electron chi connectivity index (χ1n) is 9.14. The quantitative estimate of drug-likeness (QED) is 0.353. The van der Waals surface area contributed by atoms with Crippen LogP contribution >= 0.6 is 0 Å². The Labute approximate surface area is 160 Å². The maximum absolute atomic E-state index is 12.4. The fraction of sp³-hybridized carbons (Fsp3) is 0.588. The number of nitrogens with one attached hydrogen (secondary N) is 3. The number of hydrogen-bond acceptors (Lipinski definition) is 10. The average molecular weight is 393 g/mol. The van der Waals surface area contributed by atoms with Crippen LogP contribution in [0, 0.1) is 0 Å². The van der Waals surface area contributed by atoms with Gasteiger partial charge in [-0.1, -0.05) is 0 Å². The molecule has 0 spiro atoms. The van der Waals surface area contributed by atoms with E-state index in [1.807, 2.05) is 0 Å². The third-order valence-corrected chi connectivity index (χ3v) is 5.20. The highest BCUT2D eigenvalue weighted by Crippen LogP contribution is 2.26. The summed E-state index contributed by atoms with van der Waals surface area (Å²) in [4.78, 5) is 20.5. The van der Waals surface area contributed by atoms with E-state index in [2.05, 4.69) is 25.9 Å². The first kappa shape index (κ1) is 19.0. The van der Waals surface area contributed by atoms with Gasteiger partial charge in [-0.2, -0.15) is 0 Å². The van der Waals surface area contributed by atoms with Gasteiger partial charge in [-0.3, -0.25) is 4.79 Å². The molecule has 1 amide bonds. The number of anilines is 1. The molecular weight excluding hydrogens is 370 g/mol. The van der Waals surface area contributed by atoms with Crippen molar-refractivity contribution < 1.29 is 29.3 Å². The molecule has 0 saturated carbocycles. The van der Waals surface area contributed by atoms with Crippen LogP contribution in [-0.4, -0.2) is 80.5 Å². The Morgan fingerprint density at radius 3 is 2.86 bits per heavy atom. The van der Waals surface area contributed by atoms with Crippen molar-refractivity contribution in [3.05, 3.63) is 18.7 Å². The van der Waals surface area contributed by atoms with E-state index in [0.717, 1.165) is 0 Å². The summed E-state index contributed by atoms with van der Waals surface area (Å²) in [7, 11) is 0. The Bertz CT molecular complexity index is 846.